The average molecular weight is 436 g/mol. The largest absolute Gasteiger partial charge is 0.496 e. The van der Waals surface area contributed by atoms with Gasteiger partial charge in [-0.15, -0.1) is 0 Å². The third-order valence-electron chi connectivity index (χ3n) is 6.62. The van der Waals surface area contributed by atoms with E-state index in [0.29, 0.717) is 23.7 Å². The summed E-state index contributed by atoms with van der Waals surface area (Å²) < 4.78 is 5.61. The number of likely N-dealkylation sites (tertiary alicyclic amines) is 1. The lowest BCUT2D eigenvalue weighted by atomic mass is 10.0. The molecule has 2 aromatic rings. The lowest BCUT2D eigenvalue weighted by Crippen LogP contribution is -2.40. The summed E-state index contributed by atoms with van der Waals surface area (Å²) in [4.78, 5) is 27.7. The maximum atomic E-state index is 13.0. The number of ether oxygens (including phenoxy) is 1. The van der Waals surface area contributed by atoms with Crippen molar-refractivity contribution in [2.24, 2.45) is 11.8 Å². The first-order chi connectivity index (χ1) is 15.6. The van der Waals surface area contributed by atoms with Crippen molar-refractivity contribution in [1.82, 2.24) is 10.2 Å². The van der Waals surface area contributed by atoms with E-state index < -0.39 is 0 Å². The van der Waals surface area contributed by atoms with E-state index >= 15 is 0 Å². The van der Waals surface area contributed by atoms with Crippen LogP contribution in [0.5, 0.6) is 5.75 Å². The smallest absolute Gasteiger partial charge is 0.251 e. The summed E-state index contributed by atoms with van der Waals surface area (Å²) in [5, 5.41) is 6.06. The van der Waals surface area contributed by atoms with Crippen LogP contribution in [-0.2, 0) is 4.79 Å². The second-order valence-electron chi connectivity index (χ2n) is 8.95. The minimum atomic E-state index is -0.141. The van der Waals surface area contributed by atoms with E-state index in [2.05, 4.69) is 28.5 Å². The molecule has 2 aliphatic rings. The Labute approximate surface area is 190 Å². The van der Waals surface area contributed by atoms with Crippen LogP contribution in [0.15, 0.2) is 48.5 Å². The monoisotopic (exact) mass is 435 g/mol. The number of hydrogen-bond donors (Lipinski definition) is 2. The zero-order valence-corrected chi connectivity index (χ0v) is 19.0. The number of benzene rings is 2. The summed E-state index contributed by atoms with van der Waals surface area (Å²) in [7, 11) is 1.69. The number of nitrogens with zero attached hydrogens (tertiary/aromatic N) is 1. The Morgan fingerprint density at radius 2 is 1.84 bits per heavy atom. The summed E-state index contributed by atoms with van der Waals surface area (Å²) in [6, 6.07) is 15.3. The van der Waals surface area contributed by atoms with Gasteiger partial charge in [0.2, 0.25) is 5.91 Å². The molecule has 4 rings (SSSR count). The van der Waals surface area contributed by atoms with Gasteiger partial charge in [0.1, 0.15) is 5.75 Å². The maximum Gasteiger partial charge on any atom is 0.251 e. The molecule has 1 heterocycles. The molecule has 0 aromatic heterocycles. The predicted molar refractivity (Wildman–Crippen MR) is 126 cm³/mol. The Bertz CT molecular complexity index is 955. The second kappa shape index (κ2) is 10.2. The molecule has 6 heteroatoms. The minimum absolute atomic E-state index is 0.0383. The molecule has 6 nitrogen and oxygen atoms in total. The summed E-state index contributed by atoms with van der Waals surface area (Å²) in [5.41, 5.74) is 2.31. The molecule has 2 fully saturated rings. The molecule has 170 valence electrons. The highest BCUT2D eigenvalue weighted by molar-refractivity contribution is 5.98. The Morgan fingerprint density at radius 3 is 2.56 bits per heavy atom. The fraction of sp³-hybridized carbons (Fsp3) is 0.462. The van der Waals surface area contributed by atoms with Crippen LogP contribution in [0.4, 0.5) is 5.69 Å². The molecule has 3 atom stereocenters. The summed E-state index contributed by atoms with van der Waals surface area (Å²) in [5.74, 6) is 1.28. The van der Waals surface area contributed by atoms with E-state index in [1.807, 2.05) is 30.3 Å². The van der Waals surface area contributed by atoms with Gasteiger partial charge in [0, 0.05) is 29.3 Å². The van der Waals surface area contributed by atoms with Crippen molar-refractivity contribution in [2.75, 3.05) is 32.1 Å². The molecule has 2 N–H and O–H groups in total. The highest BCUT2D eigenvalue weighted by atomic mass is 16.5. The van der Waals surface area contributed by atoms with Gasteiger partial charge in [-0.25, -0.2) is 0 Å². The number of piperidine rings is 1. The number of nitrogens with one attached hydrogen (secondary N) is 2. The van der Waals surface area contributed by atoms with E-state index in [4.69, 9.17) is 4.74 Å². The van der Waals surface area contributed by atoms with E-state index in [1.54, 1.807) is 19.2 Å². The van der Waals surface area contributed by atoms with Gasteiger partial charge >= 0.3 is 0 Å². The van der Waals surface area contributed by atoms with Crippen LogP contribution in [0, 0.1) is 11.8 Å². The number of carbonyl (C=O) groups is 2. The standard InChI is InChI=1S/C26H33N3O3/c1-18-15-22(18)26(31)28-20-10-8-9-19(16-20)25(30)27-17-23(29-13-6-3-7-14-29)21-11-4-5-12-24(21)32-2/h4-5,8-12,16,18,22-23H,3,6-7,13-15,17H2,1-2H3,(H,27,30)(H,28,31). The van der Waals surface area contributed by atoms with Gasteiger partial charge in [0.25, 0.3) is 5.91 Å². The first kappa shape index (κ1) is 22.3. The Balaban J connectivity index is 1.45. The Morgan fingerprint density at radius 1 is 1.09 bits per heavy atom. The number of anilines is 1. The summed E-state index contributed by atoms with van der Waals surface area (Å²) in [6.45, 7) is 4.60. The number of methoxy groups -OCH3 is 1. The van der Waals surface area contributed by atoms with Crippen molar-refractivity contribution in [3.8, 4) is 5.75 Å². The molecular formula is C26H33N3O3. The fourth-order valence-electron chi connectivity index (χ4n) is 4.56. The molecule has 2 amide bonds. The van der Waals surface area contributed by atoms with Crippen LogP contribution in [0.25, 0.3) is 0 Å². The summed E-state index contributed by atoms with van der Waals surface area (Å²) in [6.07, 6.45) is 4.52. The van der Waals surface area contributed by atoms with Crippen LogP contribution in [0.3, 0.4) is 0 Å². The second-order valence-corrected chi connectivity index (χ2v) is 8.95. The molecule has 1 saturated carbocycles. The molecule has 32 heavy (non-hydrogen) atoms. The van der Waals surface area contributed by atoms with Crippen molar-refractivity contribution in [2.45, 2.75) is 38.6 Å². The van der Waals surface area contributed by atoms with Crippen molar-refractivity contribution in [1.29, 1.82) is 0 Å². The van der Waals surface area contributed by atoms with Gasteiger partial charge in [-0.1, -0.05) is 37.6 Å². The number of amides is 2. The zero-order valence-electron chi connectivity index (χ0n) is 19.0. The molecular weight excluding hydrogens is 402 g/mol. The highest BCUT2D eigenvalue weighted by Crippen LogP contribution is 2.38. The minimum Gasteiger partial charge on any atom is -0.496 e. The van der Waals surface area contributed by atoms with Crippen molar-refractivity contribution in [3.05, 3.63) is 59.7 Å². The zero-order chi connectivity index (χ0) is 22.5. The highest BCUT2D eigenvalue weighted by Gasteiger charge is 2.39. The fourth-order valence-corrected chi connectivity index (χ4v) is 4.56. The number of rotatable bonds is 8. The molecule has 1 aliphatic carbocycles. The van der Waals surface area contributed by atoms with Crippen LogP contribution in [-0.4, -0.2) is 43.5 Å². The van der Waals surface area contributed by atoms with Crippen LogP contribution < -0.4 is 15.4 Å². The first-order valence-electron chi connectivity index (χ1n) is 11.6. The summed E-state index contributed by atoms with van der Waals surface area (Å²) >= 11 is 0. The lowest BCUT2D eigenvalue weighted by Gasteiger charge is -2.35. The Kier molecular flexibility index (Phi) is 7.10. The Hall–Kier alpha value is -2.86. The van der Waals surface area contributed by atoms with Gasteiger partial charge in [-0.05, 0) is 62.5 Å². The molecule has 0 spiro atoms. The number of para-hydroxylation sites is 1. The molecule has 0 bridgehead atoms. The van der Waals surface area contributed by atoms with E-state index in [9.17, 15) is 9.59 Å². The van der Waals surface area contributed by atoms with Gasteiger partial charge in [0.15, 0.2) is 0 Å². The van der Waals surface area contributed by atoms with Gasteiger partial charge in [-0.3, -0.25) is 14.5 Å². The predicted octanol–water partition coefficient (Wildman–Crippen LogP) is 4.25. The maximum absolute atomic E-state index is 13.0. The molecule has 2 aromatic carbocycles. The van der Waals surface area contributed by atoms with E-state index in [0.717, 1.165) is 30.8 Å². The average Bonchev–Trinajstić information content (AvgIpc) is 3.57. The van der Waals surface area contributed by atoms with Gasteiger partial charge < -0.3 is 15.4 Å². The van der Waals surface area contributed by atoms with Gasteiger partial charge in [-0.2, -0.15) is 0 Å². The number of hydrogen-bond acceptors (Lipinski definition) is 4. The van der Waals surface area contributed by atoms with E-state index in [1.165, 1.54) is 19.3 Å². The van der Waals surface area contributed by atoms with Crippen LogP contribution in [0.2, 0.25) is 0 Å². The van der Waals surface area contributed by atoms with Crippen LogP contribution in [0.1, 0.15) is 54.6 Å². The molecule has 1 saturated heterocycles. The quantitative estimate of drug-likeness (QED) is 0.650. The molecule has 0 radical (unpaired) electrons. The van der Waals surface area contributed by atoms with Crippen molar-refractivity contribution < 1.29 is 14.3 Å². The third-order valence-corrected chi connectivity index (χ3v) is 6.62. The topological polar surface area (TPSA) is 70.7 Å². The molecule has 3 unspecified atom stereocenters. The number of carbonyl (C=O) groups excluding carboxylic acids is 2. The van der Waals surface area contributed by atoms with Crippen LogP contribution >= 0.6 is 0 Å². The first-order valence-corrected chi connectivity index (χ1v) is 11.6. The third kappa shape index (κ3) is 5.30. The SMILES string of the molecule is COc1ccccc1C(CNC(=O)c1cccc(NC(=O)C2CC2C)c1)N1CCCCC1. The van der Waals surface area contributed by atoms with E-state index in [-0.39, 0.29) is 23.8 Å². The molecule has 1 aliphatic heterocycles. The van der Waals surface area contributed by atoms with Crippen molar-refractivity contribution >= 4 is 17.5 Å². The lowest BCUT2D eigenvalue weighted by molar-refractivity contribution is -0.117. The van der Waals surface area contributed by atoms with Crippen molar-refractivity contribution in [3.63, 3.8) is 0 Å². The van der Waals surface area contributed by atoms with Gasteiger partial charge in [0.05, 0.1) is 13.2 Å². The normalized spacial score (nSPS) is 21.4.